The Morgan fingerprint density at radius 2 is 1.79 bits per heavy atom. The molecule has 2 saturated carbocycles. The van der Waals surface area contributed by atoms with Crippen molar-refractivity contribution in [2.75, 3.05) is 13.2 Å². The van der Waals surface area contributed by atoms with Gasteiger partial charge in [-0.15, -0.1) is 0 Å². The molecule has 1 atom stereocenters. The maximum atomic E-state index is 15.3. The van der Waals surface area contributed by atoms with E-state index in [1.54, 1.807) is 26.8 Å². The van der Waals surface area contributed by atoms with Crippen molar-refractivity contribution < 1.29 is 23.5 Å². The van der Waals surface area contributed by atoms with E-state index in [0.717, 1.165) is 37.2 Å². The molecular weight excluding hydrogens is 433 g/mol. The van der Waals surface area contributed by atoms with Gasteiger partial charge in [-0.25, -0.2) is 9.18 Å². The van der Waals surface area contributed by atoms with Crippen LogP contribution in [-0.2, 0) is 9.53 Å². The third-order valence-electron chi connectivity index (χ3n) is 7.60. The van der Waals surface area contributed by atoms with Gasteiger partial charge in [0.05, 0.1) is 12.2 Å². The molecule has 1 aliphatic heterocycles. The normalized spacial score (nSPS) is 27.5. The lowest BCUT2D eigenvalue weighted by molar-refractivity contribution is -0.159. The summed E-state index contributed by atoms with van der Waals surface area (Å²) in [6.45, 7) is 11.0. The van der Waals surface area contributed by atoms with Gasteiger partial charge in [-0.3, -0.25) is 4.79 Å². The van der Waals surface area contributed by atoms with E-state index >= 15 is 4.39 Å². The average molecular weight is 474 g/mol. The number of halogens is 1. The van der Waals surface area contributed by atoms with Gasteiger partial charge >= 0.3 is 5.97 Å². The topological polar surface area (TPSA) is 55.8 Å². The van der Waals surface area contributed by atoms with Crippen LogP contribution in [0.15, 0.2) is 12.1 Å². The van der Waals surface area contributed by atoms with E-state index in [4.69, 9.17) is 9.47 Å². The van der Waals surface area contributed by atoms with Crippen molar-refractivity contribution in [3.63, 3.8) is 0 Å². The summed E-state index contributed by atoms with van der Waals surface area (Å²) >= 11 is 0. The summed E-state index contributed by atoms with van der Waals surface area (Å²) in [5.74, 6) is 0.196. The zero-order valence-corrected chi connectivity index (χ0v) is 21.4. The van der Waals surface area contributed by atoms with Crippen LogP contribution >= 0.6 is 0 Å². The van der Waals surface area contributed by atoms with Gasteiger partial charge in [0.25, 0.3) is 5.91 Å². The maximum absolute atomic E-state index is 15.3. The summed E-state index contributed by atoms with van der Waals surface area (Å²) in [5, 5.41) is 0. The minimum atomic E-state index is -0.667. The van der Waals surface area contributed by atoms with E-state index in [0.29, 0.717) is 37.7 Å². The van der Waals surface area contributed by atoms with E-state index < -0.39 is 29.3 Å². The lowest BCUT2D eigenvalue weighted by Crippen LogP contribution is -2.43. The lowest BCUT2D eigenvalue weighted by atomic mass is 9.73. The zero-order chi connectivity index (χ0) is 24.7. The molecule has 0 bridgehead atoms. The number of benzene rings is 1. The monoisotopic (exact) mass is 473 g/mol. The van der Waals surface area contributed by atoms with E-state index in [1.165, 1.54) is 23.8 Å². The first-order valence-corrected chi connectivity index (χ1v) is 13.0. The minimum Gasteiger partial charge on any atom is -0.493 e. The van der Waals surface area contributed by atoms with E-state index in [1.807, 2.05) is 0 Å². The number of carbonyl (C=O) groups is 2. The van der Waals surface area contributed by atoms with Crippen LogP contribution in [0.25, 0.3) is 0 Å². The van der Waals surface area contributed by atoms with Crippen molar-refractivity contribution in [1.82, 2.24) is 4.90 Å². The molecule has 1 aromatic rings. The Labute approximate surface area is 203 Å². The fraction of sp³-hybridized carbons (Fsp3) is 0.714. The molecule has 5 nitrogen and oxygen atoms in total. The van der Waals surface area contributed by atoms with E-state index in [2.05, 4.69) is 13.8 Å². The summed E-state index contributed by atoms with van der Waals surface area (Å²) in [4.78, 5) is 27.5. The molecule has 1 saturated heterocycles. The van der Waals surface area contributed by atoms with Crippen LogP contribution in [0.5, 0.6) is 5.75 Å². The Hall–Kier alpha value is -2.11. The highest BCUT2D eigenvalue weighted by atomic mass is 19.1. The molecule has 188 valence electrons. The predicted octanol–water partition coefficient (Wildman–Crippen LogP) is 6.24. The Morgan fingerprint density at radius 3 is 2.41 bits per heavy atom. The number of likely N-dealkylation sites (tertiary alicyclic amines) is 1. The van der Waals surface area contributed by atoms with Gasteiger partial charge in [0.2, 0.25) is 0 Å². The fourth-order valence-electron chi connectivity index (χ4n) is 5.21. The number of esters is 1. The van der Waals surface area contributed by atoms with Gasteiger partial charge in [0.1, 0.15) is 23.2 Å². The van der Waals surface area contributed by atoms with E-state index in [9.17, 15) is 9.59 Å². The summed E-state index contributed by atoms with van der Waals surface area (Å²) in [7, 11) is 0. The fourth-order valence-corrected chi connectivity index (χ4v) is 5.21. The van der Waals surface area contributed by atoms with Crippen molar-refractivity contribution in [1.29, 1.82) is 0 Å². The van der Waals surface area contributed by atoms with Crippen LogP contribution in [0.4, 0.5) is 4.39 Å². The van der Waals surface area contributed by atoms with Gasteiger partial charge < -0.3 is 14.4 Å². The Morgan fingerprint density at radius 1 is 1.12 bits per heavy atom. The van der Waals surface area contributed by atoms with Gasteiger partial charge in [0.15, 0.2) is 0 Å². The second kappa shape index (κ2) is 9.50. The van der Waals surface area contributed by atoms with Crippen LogP contribution in [-0.4, -0.2) is 41.6 Å². The second-order valence-electron chi connectivity index (χ2n) is 12.1. The Bertz CT molecular complexity index is 925. The molecule has 1 aromatic carbocycles. The number of hydrogen-bond acceptors (Lipinski definition) is 4. The van der Waals surface area contributed by atoms with Crippen LogP contribution < -0.4 is 4.74 Å². The number of ether oxygens (including phenoxy) is 2. The standard InChI is InChI=1S/C28H40FNO4/c1-18-10-12-28(5,13-11-18)17-33-24-16-22(29)21(15-20(24)19-8-9-19)25(31)30-14-6-7-23(30)26(32)34-27(2,3)4/h15-16,18-19,23H,6-14,17H2,1-5H3/t18?,23-,28?/m0/s1. The summed E-state index contributed by atoms with van der Waals surface area (Å²) in [6, 6.07) is 2.41. The summed E-state index contributed by atoms with van der Waals surface area (Å²) in [6.07, 6.45) is 7.92. The molecule has 0 unspecified atom stereocenters. The smallest absolute Gasteiger partial charge is 0.329 e. The molecular formula is C28H40FNO4. The number of nitrogens with zero attached hydrogens (tertiary/aromatic N) is 1. The molecule has 0 N–H and O–H groups in total. The molecule has 4 rings (SSSR count). The molecule has 0 spiro atoms. The third-order valence-corrected chi connectivity index (χ3v) is 7.60. The molecule has 1 amide bonds. The molecule has 1 heterocycles. The van der Waals surface area contributed by atoms with Gasteiger partial charge in [-0.05, 0) is 82.8 Å². The Kier molecular flexibility index (Phi) is 6.99. The first-order valence-electron chi connectivity index (χ1n) is 13.0. The maximum Gasteiger partial charge on any atom is 0.329 e. The van der Waals surface area contributed by atoms with Crippen LogP contribution in [0.3, 0.4) is 0 Å². The highest BCUT2D eigenvalue weighted by molar-refractivity contribution is 5.98. The first kappa shape index (κ1) is 25.0. The lowest BCUT2D eigenvalue weighted by Gasteiger charge is -2.36. The second-order valence-corrected chi connectivity index (χ2v) is 12.1. The average Bonchev–Trinajstić information content (AvgIpc) is 3.48. The summed E-state index contributed by atoms with van der Waals surface area (Å²) in [5.41, 5.74) is 0.423. The molecule has 34 heavy (non-hydrogen) atoms. The molecule has 6 heteroatoms. The zero-order valence-electron chi connectivity index (χ0n) is 21.4. The molecule has 0 aromatic heterocycles. The molecule has 2 aliphatic carbocycles. The Balaban J connectivity index is 1.52. The number of amides is 1. The third kappa shape index (κ3) is 5.75. The van der Waals surface area contributed by atoms with Crippen molar-refractivity contribution in [2.45, 2.75) is 104 Å². The quantitative estimate of drug-likeness (QED) is 0.459. The number of carbonyl (C=O) groups excluding carboxylic acids is 2. The van der Waals surface area contributed by atoms with Gasteiger partial charge in [-0.1, -0.05) is 26.7 Å². The SMILES string of the molecule is CC1CCC(C)(COc2cc(F)c(C(=O)N3CCC[C@H]3C(=O)OC(C)(C)C)cc2C2CC2)CC1. The highest BCUT2D eigenvalue weighted by Gasteiger charge is 2.39. The van der Waals surface area contributed by atoms with Gasteiger partial charge in [0, 0.05) is 18.0 Å². The van der Waals surface area contributed by atoms with Crippen LogP contribution in [0.2, 0.25) is 0 Å². The van der Waals surface area contributed by atoms with E-state index in [-0.39, 0.29) is 11.0 Å². The molecule has 3 aliphatic rings. The largest absolute Gasteiger partial charge is 0.493 e. The number of rotatable bonds is 6. The minimum absolute atomic E-state index is 0.0300. The summed E-state index contributed by atoms with van der Waals surface area (Å²) < 4.78 is 27.0. The van der Waals surface area contributed by atoms with Crippen LogP contribution in [0.1, 0.15) is 108 Å². The number of hydrogen-bond donors (Lipinski definition) is 0. The molecule has 0 radical (unpaired) electrons. The molecule has 3 fully saturated rings. The highest BCUT2D eigenvalue weighted by Crippen LogP contribution is 2.46. The van der Waals surface area contributed by atoms with Crippen molar-refractivity contribution in [2.24, 2.45) is 11.3 Å². The predicted molar refractivity (Wildman–Crippen MR) is 130 cm³/mol. The first-order chi connectivity index (χ1) is 16.0. The van der Waals surface area contributed by atoms with Crippen molar-refractivity contribution >= 4 is 11.9 Å². The van der Waals surface area contributed by atoms with Crippen molar-refractivity contribution in [3.05, 3.63) is 29.1 Å². The van der Waals surface area contributed by atoms with Gasteiger partial charge in [-0.2, -0.15) is 0 Å². The van der Waals surface area contributed by atoms with Crippen LogP contribution in [0, 0.1) is 17.2 Å². The van der Waals surface area contributed by atoms with Crippen molar-refractivity contribution in [3.8, 4) is 5.75 Å².